The van der Waals surface area contributed by atoms with Crippen LogP contribution in [0.2, 0.25) is 0 Å². The molecule has 1 aliphatic heterocycles. The van der Waals surface area contributed by atoms with E-state index in [2.05, 4.69) is 9.89 Å². The van der Waals surface area contributed by atoms with Crippen LogP contribution in [0.25, 0.3) is 0 Å². The molecule has 1 atom stereocenters. The molecule has 1 aromatic carbocycles. The SMILES string of the molecule is Cc1cccc(C2=NOC(C)(OC(=O)O)C2)c1. The van der Waals surface area contributed by atoms with Gasteiger partial charge >= 0.3 is 6.16 Å². The van der Waals surface area contributed by atoms with Crippen molar-refractivity contribution in [3.63, 3.8) is 0 Å². The monoisotopic (exact) mass is 235 g/mol. The predicted octanol–water partition coefficient (Wildman–Crippen LogP) is 2.53. The molecule has 0 radical (unpaired) electrons. The van der Waals surface area contributed by atoms with E-state index in [4.69, 9.17) is 9.94 Å². The van der Waals surface area contributed by atoms with Crippen LogP contribution < -0.4 is 0 Å². The van der Waals surface area contributed by atoms with E-state index in [0.717, 1.165) is 11.1 Å². The Kier molecular flexibility index (Phi) is 2.75. The average molecular weight is 235 g/mol. The highest BCUT2D eigenvalue weighted by Gasteiger charge is 2.38. The first kappa shape index (κ1) is 11.4. The molecule has 0 fully saturated rings. The number of carbonyl (C=O) groups is 1. The van der Waals surface area contributed by atoms with Gasteiger partial charge in [0.15, 0.2) is 0 Å². The average Bonchev–Trinajstić information content (AvgIpc) is 2.59. The molecule has 0 amide bonds. The van der Waals surface area contributed by atoms with Gasteiger partial charge in [-0.25, -0.2) is 4.79 Å². The van der Waals surface area contributed by atoms with Gasteiger partial charge in [0.05, 0.1) is 12.1 Å². The van der Waals surface area contributed by atoms with Gasteiger partial charge in [-0.2, -0.15) is 0 Å². The quantitative estimate of drug-likeness (QED) is 0.800. The zero-order valence-corrected chi connectivity index (χ0v) is 9.64. The van der Waals surface area contributed by atoms with Crippen LogP contribution in [0.4, 0.5) is 4.79 Å². The minimum Gasteiger partial charge on any atom is -0.450 e. The first-order valence-electron chi connectivity index (χ1n) is 5.22. The number of aryl methyl sites for hydroxylation is 1. The second kappa shape index (κ2) is 4.08. The lowest BCUT2D eigenvalue weighted by Crippen LogP contribution is -2.31. The zero-order valence-electron chi connectivity index (χ0n) is 9.64. The normalized spacial score (nSPS) is 22.8. The van der Waals surface area contributed by atoms with Gasteiger partial charge < -0.3 is 14.7 Å². The van der Waals surface area contributed by atoms with Crippen molar-refractivity contribution in [3.8, 4) is 0 Å². The summed E-state index contributed by atoms with van der Waals surface area (Å²) in [4.78, 5) is 15.5. The first-order valence-corrected chi connectivity index (χ1v) is 5.22. The van der Waals surface area contributed by atoms with Crippen LogP contribution in [0.5, 0.6) is 0 Å². The number of benzene rings is 1. The second-order valence-corrected chi connectivity index (χ2v) is 4.18. The second-order valence-electron chi connectivity index (χ2n) is 4.18. The van der Waals surface area contributed by atoms with E-state index in [0.29, 0.717) is 12.1 Å². The van der Waals surface area contributed by atoms with Crippen LogP contribution in [0.1, 0.15) is 24.5 Å². The van der Waals surface area contributed by atoms with E-state index < -0.39 is 11.9 Å². The minimum atomic E-state index is -1.37. The van der Waals surface area contributed by atoms with E-state index in [1.165, 1.54) is 0 Å². The number of ether oxygens (including phenoxy) is 1. The van der Waals surface area contributed by atoms with E-state index in [1.807, 2.05) is 31.2 Å². The predicted molar refractivity (Wildman–Crippen MR) is 60.9 cm³/mol. The number of hydrogen-bond donors (Lipinski definition) is 1. The van der Waals surface area contributed by atoms with Crippen LogP contribution in [0, 0.1) is 6.92 Å². The van der Waals surface area contributed by atoms with Crippen molar-refractivity contribution in [2.45, 2.75) is 26.1 Å². The Bertz CT molecular complexity index is 483. The van der Waals surface area contributed by atoms with Gasteiger partial charge in [-0.15, -0.1) is 0 Å². The summed E-state index contributed by atoms with van der Waals surface area (Å²) >= 11 is 0. The van der Waals surface area contributed by atoms with E-state index >= 15 is 0 Å². The fraction of sp³-hybridized carbons (Fsp3) is 0.333. The molecule has 1 heterocycles. The standard InChI is InChI=1S/C12H13NO4/c1-8-4-3-5-9(6-8)10-7-12(2,17-13-10)16-11(14)15/h3-6H,7H2,1-2H3,(H,14,15). The van der Waals surface area contributed by atoms with Gasteiger partial charge in [0.2, 0.25) is 0 Å². The number of oxime groups is 1. The van der Waals surface area contributed by atoms with Gasteiger partial charge in [-0.05, 0) is 12.5 Å². The molecule has 2 rings (SSSR count). The molecule has 5 heteroatoms. The smallest absolute Gasteiger partial charge is 0.450 e. The summed E-state index contributed by atoms with van der Waals surface area (Å²) in [5.41, 5.74) is 2.72. The van der Waals surface area contributed by atoms with E-state index in [1.54, 1.807) is 6.92 Å². The van der Waals surface area contributed by atoms with Crippen molar-refractivity contribution < 1.29 is 19.5 Å². The summed E-state index contributed by atoms with van der Waals surface area (Å²) in [7, 11) is 0. The van der Waals surface area contributed by atoms with E-state index in [9.17, 15) is 4.79 Å². The molecule has 1 aromatic rings. The molecule has 0 saturated carbocycles. The molecule has 0 saturated heterocycles. The molecule has 17 heavy (non-hydrogen) atoms. The van der Waals surface area contributed by atoms with Crippen molar-refractivity contribution in [3.05, 3.63) is 35.4 Å². The topological polar surface area (TPSA) is 68.1 Å². The molecule has 5 nitrogen and oxygen atoms in total. The molecule has 0 bridgehead atoms. The largest absolute Gasteiger partial charge is 0.509 e. The Morgan fingerprint density at radius 3 is 3.00 bits per heavy atom. The fourth-order valence-electron chi connectivity index (χ4n) is 1.74. The summed E-state index contributed by atoms with van der Waals surface area (Å²) in [6.07, 6.45) is -1.06. The summed E-state index contributed by atoms with van der Waals surface area (Å²) in [6.45, 7) is 3.53. The molecule has 0 spiro atoms. The van der Waals surface area contributed by atoms with Crippen molar-refractivity contribution in [1.29, 1.82) is 0 Å². The van der Waals surface area contributed by atoms with Crippen molar-refractivity contribution >= 4 is 11.9 Å². The van der Waals surface area contributed by atoms with E-state index in [-0.39, 0.29) is 0 Å². The zero-order chi connectivity index (χ0) is 12.5. The third-order valence-electron chi connectivity index (χ3n) is 2.49. The molecule has 1 N–H and O–H groups in total. The Hall–Kier alpha value is -2.04. The Labute approximate surface area is 98.6 Å². The molecule has 1 unspecified atom stereocenters. The highest BCUT2D eigenvalue weighted by molar-refractivity contribution is 6.01. The lowest BCUT2D eigenvalue weighted by Gasteiger charge is -2.19. The van der Waals surface area contributed by atoms with Crippen LogP contribution in [-0.4, -0.2) is 22.8 Å². The van der Waals surface area contributed by atoms with Gasteiger partial charge in [0.25, 0.3) is 5.79 Å². The summed E-state index contributed by atoms with van der Waals surface area (Å²) in [6, 6.07) is 7.77. The molecule has 0 aromatic heterocycles. The summed E-state index contributed by atoms with van der Waals surface area (Å²) in [5, 5.41) is 12.5. The maximum Gasteiger partial charge on any atom is 0.509 e. The Morgan fingerprint density at radius 2 is 2.35 bits per heavy atom. The highest BCUT2D eigenvalue weighted by atomic mass is 16.8. The molecule has 90 valence electrons. The maximum absolute atomic E-state index is 10.5. The summed E-state index contributed by atoms with van der Waals surface area (Å²) in [5.74, 6) is -1.22. The van der Waals surface area contributed by atoms with Crippen LogP contribution in [0.3, 0.4) is 0 Å². The van der Waals surface area contributed by atoms with Gasteiger partial charge in [0, 0.05) is 6.92 Å². The lowest BCUT2D eigenvalue weighted by atomic mass is 10.0. The Morgan fingerprint density at radius 1 is 1.59 bits per heavy atom. The number of rotatable bonds is 2. The number of nitrogens with zero attached hydrogens (tertiary/aromatic N) is 1. The molecule has 1 aliphatic rings. The minimum absolute atomic E-state index is 0.308. The lowest BCUT2D eigenvalue weighted by molar-refractivity contribution is -0.180. The molecular formula is C12H13NO4. The summed E-state index contributed by atoms with van der Waals surface area (Å²) < 4.78 is 4.66. The maximum atomic E-state index is 10.5. The molecular weight excluding hydrogens is 222 g/mol. The van der Waals surface area contributed by atoms with Crippen LogP contribution in [0.15, 0.2) is 29.4 Å². The van der Waals surface area contributed by atoms with Crippen molar-refractivity contribution in [2.24, 2.45) is 5.16 Å². The van der Waals surface area contributed by atoms with Gasteiger partial charge in [-0.1, -0.05) is 35.0 Å². The van der Waals surface area contributed by atoms with Gasteiger partial charge in [0.1, 0.15) is 0 Å². The van der Waals surface area contributed by atoms with Crippen molar-refractivity contribution in [2.75, 3.05) is 0 Å². The Balaban J connectivity index is 2.14. The van der Waals surface area contributed by atoms with Crippen LogP contribution in [-0.2, 0) is 9.57 Å². The highest BCUT2D eigenvalue weighted by Crippen LogP contribution is 2.27. The van der Waals surface area contributed by atoms with Crippen LogP contribution >= 0.6 is 0 Å². The van der Waals surface area contributed by atoms with Gasteiger partial charge in [-0.3, -0.25) is 0 Å². The third-order valence-corrected chi connectivity index (χ3v) is 2.49. The van der Waals surface area contributed by atoms with Crippen molar-refractivity contribution in [1.82, 2.24) is 0 Å². The molecule has 0 aliphatic carbocycles. The number of carboxylic acid groups (broad SMARTS) is 1. The first-order chi connectivity index (χ1) is 7.98. The third kappa shape index (κ3) is 2.55. The fourth-order valence-corrected chi connectivity index (χ4v) is 1.74. The number of hydrogen-bond acceptors (Lipinski definition) is 4.